The van der Waals surface area contributed by atoms with Crippen molar-refractivity contribution in [3.8, 4) is 5.75 Å². The first-order valence-electron chi connectivity index (χ1n) is 13.0. The Labute approximate surface area is 212 Å². The summed E-state index contributed by atoms with van der Waals surface area (Å²) >= 11 is 0. The van der Waals surface area contributed by atoms with Crippen molar-refractivity contribution in [3.63, 3.8) is 0 Å². The van der Waals surface area contributed by atoms with Gasteiger partial charge in [-0.15, -0.1) is 0 Å². The summed E-state index contributed by atoms with van der Waals surface area (Å²) in [6.45, 7) is 5.21. The summed E-state index contributed by atoms with van der Waals surface area (Å²) in [6.07, 6.45) is 5.03. The third kappa shape index (κ3) is 6.04. The number of benzene rings is 2. The maximum absolute atomic E-state index is 14.3. The van der Waals surface area contributed by atoms with Crippen molar-refractivity contribution < 1.29 is 14.1 Å². The van der Waals surface area contributed by atoms with Gasteiger partial charge in [0.05, 0.1) is 6.10 Å². The Kier molecular flexibility index (Phi) is 9.30. The molecule has 3 N–H and O–H groups in total. The lowest BCUT2D eigenvalue weighted by atomic mass is 9.68. The highest BCUT2D eigenvalue weighted by Crippen LogP contribution is 2.50. The number of hydrogen-bond acceptors (Lipinski definition) is 5. The smallest absolute Gasteiger partial charge is 0.119 e. The maximum Gasteiger partial charge on any atom is 0.119 e. The van der Waals surface area contributed by atoms with Crippen molar-refractivity contribution in [2.24, 2.45) is 11.1 Å². The molecule has 6 heteroatoms. The first kappa shape index (κ1) is 27.6. The lowest BCUT2D eigenvalue weighted by Crippen LogP contribution is -2.43. The van der Waals surface area contributed by atoms with Crippen LogP contribution in [-0.4, -0.2) is 54.3 Å². The molecule has 2 aromatic rings. The molecule has 1 heterocycles. The molecule has 0 spiro atoms. The summed E-state index contributed by atoms with van der Waals surface area (Å²) < 4.78 is 20.2. The molecule has 0 aromatic heterocycles. The van der Waals surface area contributed by atoms with Gasteiger partial charge >= 0.3 is 0 Å². The van der Waals surface area contributed by atoms with Crippen LogP contribution in [0.3, 0.4) is 0 Å². The van der Waals surface area contributed by atoms with Crippen LogP contribution in [0.25, 0.3) is 0 Å². The normalized spacial score (nSPS) is 23.4. The van der Waals surface area contributed by atoms with E-state index in [2.05, 4.69) is 31.9 Å². The molecule has 3 atom stereocenters. The molecular formula is C29H44N2O3S. The molecule has 3 rings (SSSR count). The van der Waals surface area contributed by atoms with Crippen LogP contribution >= 0.6 is 0 Å². The van der Waals surface area contributed by atoms with Crippen molar-refractivity contribution in [3.05, 3.63) is 53.6 Å². The highest BCUT2D eigenvalue weighted by Gasteiger charge is 2.47. The van der Waals surface area contributed by atoms with Crippen LogP contribution in [0.5, 0.6) is 5.75 Å². The van der Waals surface area contributed by atoms with E-state index < -0.39 is 21.0 Å². The van der Waals surface area contributed by atoms with Crippen molar-refractivity contribution in [1.82, 2.24) is 0 Å². The fraction of sp³-hybridized carbons (Fsp3) is 0.552. The first-order valence-corrected chi connectivity index (χ1v) is 14.9. The Morgan fingerprint density at radius 3 is 2.43 bits per heavy atom. The molecule has 0 amide bonds. The average Bonchev–Trinajstić information content (AvgIpc) is 2.91. The van der Waals surface area contributed by atoms with Crippen molar-refractivity contribution in [2.45, 2.75) is 69.3 Å². The van der Waals surface area contributed by atoms with Gasteiger partial charge in [-0.25, -0.2) is 0 Å². The average molecular weight is 501 g/mol. The van der Waals surface area contributed by atoms with Gasteiger partial charge in [0.1, 0.15) is 12.4 Å². The van der Waals surface area contributed by atoms with E-state index >= 15 is 0 Å². The van der Waals surface area contributed by atoms with E-state index in [0.29, 0.717) is 18.9 Å². The standard InChI is InChI=1S/C29H44N2O3S/c1-6-8-15-29(16-9-7-2)21-35(5,33)26-14-13-23(31(3)4)20-25(26)27(28(29)32)22-11-10-12-24(19-22)34-18-17-30/h10-14,19-20,27-28,32H,5-9,15-18,21,30H2,1-4H3/t27-,28-,35?/m1/s1. The number of aliphatic hydroxyl groups is 1. The molecule has 1 aliphatic heterocycles. The zero-order valence-electron chi connectivity index (χ0n) is 22.0. The van der Waals surface area contributed by atoms with Crippen LogP contribution in [0.4, 0.5) is 5.69 Å². The molecule has 0 fully saturated rings. The molecule has 0 saturated carbocycles. The van der Waals surface area contributed by atoms with Crippen LogP contribution in [-0.2, 0) is 9.52 Å². The number of unbranched alkanes of at least 4 members (excludes halogenated alkanes) is 2. The largest absolute Gasteiger partial charge is 0.492 e. The molecule has 1 unspecified atom stereocenters. The zero-order valence-corrected chi connectivity index (χ0v) is 22.8. The first-order chi connectivity index (χ1) is 16.7. The monoisotopic (exact) mass is 500 g/mol. The highest BCUT2D eigenvalue weighted by molar-refractivity contribution is 8.00. The Morgan fingerprint density at radius 2 is 1.83 bits per heavy atom. The molecule has 0 bridgehead atoms. The molecule has 0 aliphatic carbocycles. The van der Waals surface area contributed by atoms with E-state index in [1.165, 1.54) is 0 Å². The summed E-state index contributed by atoms with van der Waals surface area (Å²) in [7, 11) is 1.39. The Morgan fingerprint density at radius 1 is 1.14 bits per heavy atom. The molecule has 0 saturated heterocycles. The second-order valence-electron chi connectivity index (χ2n) is 10.3. The molecule has 0 radical (unpaired) electrons. The van der Waals surface area contributed by atoms with Gasteiger partial charge in [0.2, 0.25) is 0 Å². The predicted molar refractivity (Wildman–Crippen MR) is 149 cm³/mol. The minimum Gasteiger partial charge on any atom is -0.492 e. The second-order valence-corrected chi connectivity index (χ2v) is 12.6. The lowest BCUT2D eigenvalue weighted by Gasteiger charge is -2.41. The summed E-state index contributed by atoms with van der Waals surface area (Å²) in [5, 5.41) is 12.3. The number of ether oxygens (including phenoxy) is 1. The van der Waals surface area contributed by atoms with E-state index in [9.17, 15) is 9.32 Å². The molecular weight excluding hydrogens is 456 g/mol. The van der Waals surface area contributed by atoms with Gasteiger partial charge in [0, 0.05) is 48.3 Å². The van der Waals surface area contributed by atoms with E-state index in [1.807, 2.05) is 49.3 Å². The van der Waals surface area contributed by atoms with Gasteiger partial charge in [-0.1, -0.05) is 51.7 Å². The number of hydrogen-bond donors (Lipinski definition) is 2. The molecule has 2 aromatic carbocycles. The number of aliphatic hydroxyl groups excluding tert-OH is 1. The highest BCUT2D eigenvalue weighted by atomic mass is 32.2. The Bertz CT molecular complexity index is 1070. The molecule has 35 heavy (non-hydrogen) atoms. The number of fused-ring (bicyclic) bond motifs is 1. The number of anilines is 1. The Balaban J connectivity index is 2.28. The summed E-state index contributed by atoms with van der Waals surface area (Å²) in [4.78, 5) is 2.82. The SMILES string of the molecule is C=S1(=O)CC(CCCC)(CCCC)[C@H](O)[C@H](c2cccc(OCCN)c2)c2cc(N(C)C)ccc21. The summed E-state index contributed by atoms with van der Waals surface area (Å²) in [5.74, 6) is 5.12. The van der Waals surface area contributed by atoms with Crippen molar-refractivity contribution in [1.29, 1.82) is 0 Å². The maximum atomic E-state index is 14.3. The zero-order chi connectivity index (χ0) is 25.6. The topological polar surface area (TPSA) is 75.8 Å². The third-order valence-corrected chi connectivity index (χ3v) is 9.58. The van der Waals surface area contributed by atoms with Crippen LogP contribution in [0.15, 0.2) is 47.4 Å². The van der Waals surface area contributed by atoms with Gasteiger partial charge in [-0.3, -0.25) is 4.21 Å². The van der Waals surface area contributed by atoms with Crippen molar-refractivity contribution in [2.75, 3.05) is 37.9 Å². The van der Waals surface area contributed by atoms with Gasteiger partial charge in [0.15, 0.2) is 0 Å². The fourth-order valence-electron chi connectivity index (χ4n) is 5.51. The fourth-order valence-corrected chi connectivity index (χ4v) is 7.98. The lowest BCUT2D eigenvalue weighted by molar-refractivity contribution is 0.0130. The van der Waals surface area contributed by atoms with E-state index in [4.69, 9.17) is 10.5 Å². The predicted octanol–water partition coefficient (Wildman–Crippen LogP) is 5.04. The van der Waals surface area contributed by atoms with E-state index in [1.54, 1.807) is 0 Å². The van der Waals surface area contributed by atoms with Gasteiger partial charge in [-0.05, 0) is 69.7 Å². The molecule has 5 nitrogen and oxygen atoms in total. The van der Waals surface area contributed by atoms with Gasteiger partial charge < -0.3 is 20.5 Å². The van der Waals surface area contributed by atoms with Crippen molar-refractivity contribution >= 4 is 21.1 Å². The van der Waals surface area contributed by atoms with E-state index in [-0.39, 0.29) is 5.92 Å². The quantitative estimate of drug-likeness (QED) is 0.423. The van der Waals surface area contributed by atoms with E-state index in [0.717, 1.165) is 66.0 Å². The van der Waals surface area contributed by atoms with Crippen LogP contribution in [0, 0.1) is 5.41 Å². The second kappa shape index (κ2) is 11.8. The van der Waals surface area contributed by atoms with Gasteiger partial charge in [0.25, 0.3) is 0 Å². The minimum absolute atomic E-state index is 0.329. The van der Waals surface area contributed by atoms with Crippen LogP contribution in [0.1, 0.15) is 69.4 Å². The summed E-state index contributed by atoms with van der Waals surface area (Å²) in [6, 6.07) is 14.0. The minimum atomic E-state index is -2.61. The van der Waals surface area contributed by atoms with Crippen LogP contribution < -0.4 is 15.4 Å². The number of nitrogens with zero attached hydrogens (tertiary/aromatic N) is 1. The molecule has 194 valence electrons. The van der Waals surface area contributed by atoms with Crippen LogP contribution in [0.2, 0.25) is 0 Å². The molecule has 1 aliphatic rings. The van der Waals surface area contributed by atoms with Gasteiger partial charge in [-0.2, -0.15) is 0 Å². The number of nitrogens with two attached hydrogens (primary N) is 1. The third-order valence-electron chi connectivity index (χ3n) is 7.37. The summed E-state index contributed by atoms with van der Waals surface area (Å²) in [5.41, 5.74) is 8.08. The number of rotatable bonds is 11. The Hall–Kier alpha value is -2.02.